The summed E-state index contributed by atoms with van der Waals surface area (Å²) < 4.78 is 8.49. The number of hydrogen-bond acceptors (Lipinski definition) is 4. The molecule has 0 fully saturated rings. The maximum Gasteiger partial charge on any atom is 0.160 e. The number of ether oxygens (including phenoxy) is 1. The number of pyridine rings is 1. The molecule has 2 N–H and O–H groups in total. The van der Waals surface area contributed by atoms with Gasteiger partial charge in [-0.3, -0.25) is 4.40 Å². The number of fused-ring (bicyclic) bond motifs is 1. The molecule has 22 heavy (non-hydrogen) atoms. The van der Waals surface area contributed by atoms with Gasteiger partial charge in [0.05, 0.1) is 19.3 Å². The lowest BCUT2D eigenvalue weighted by molar-refractivity contribution is 0.106. The normalized spacial score (nSPS) is 12.1. The van der Waals surface area contributed by atoms with Gasteiger partial charge in [-0.25, -0.2) is 0 Å². The molecule has 1 unspecified atom stereocenters. The fourth-order valence-corrected chi connectivity index (χ4v) is 2.42. The lowest BCUT2D eigenvalue weighted by Crippen LogP contribution is -2.20. The van der Waals surface area contributed by atoms with Gasteiger partial charge >= 0.3 is 0 Å². The number of halogens is 2. The van der Waals surface area contributed by atoms with Crippen molar-refractivity contribution in [1.29, 1.82) is 0 Å². The Morgan fingerprint density at radius 3 is 2.68 bits per heavy atom. The molecule has 0 bridgehead atoms. The molecule has 3 rings (SSSR count). The van der Waals surface area contributed by atoms with Crippen LogP contribution in [-0.2, 0) is 11.3 Å². The molecule has 7 heteroatoms. The maximum atomic E-state index is 6.16. The van der Waals surface area contributed by atoms with Crippen LogP contribution in [0.1, 0.15) is 17.4 Å². The van der Waals surface area contributed by atoms with E-state index < -0.39 is 0 Å². The number of nitrogens with two attached hydrogens (primary N) is 1. The summed E-state index contributed by atoms with van der Waals surface area (Å²) in [7, 11) is 0. The van der Waals surface area contributed by atoms with Crippen molar-refractivity contribution in [1.82, 2.24) is 14.6 Å². The van der Waals surface area contributed by atoms with Crippen LogP contribution in [-0.4, -0.2) is 21.2 Å². The van der Waals surface area contributed by atoms with Gasteiger partial charge in [0.25, 0.3) is 0 Å². The monoisotopic (exact) mass is 382 g/mol. The van der Waals surface area contributed by atoms with Crippen molar-refractivity contribution >= 4 is 34.0 Å². The third-order valence-corrected chi connectivity index (χ3v) is 3.60. The first-order valence-electron chi connectivity index (χ1n) is 6.61. The zero-order valence-corrected chi connectivity index (χ0v) is 14.1. The molecule has 0 aliphatic heterocycles. The fraction of sp³-hybridized carbons (Fsp3) is 0.200. The molecule has 0 spiro atoms. The summed E-state index contributed by atoms with van der Waals surface area (Å²) in [5, 5.41) is 8.25. The highest BCUT2D eigenvalue weighted by Crippen LogP contribution is 2.16. The first kappa shape index (κ1) is 16.9. The molecule has 5 nitrogen and oxygen atoms in total. The Bertz CT molecular complexity index is 735. The molecular weight excluding hydrogens is 368 g/mol. The van der Waals surface area contributed by atoms with E-state index in [4.69, 9.17) is 10.5 Å². The van der Waals surface area contributed by atoms with Crippen molar-refractivity contribution < 1.29 is 4.74 Å². The minimum absolute atomic E-state index is 0. The Labute approximate surface area is 143 Å². The van der Waals surface area contributed by atoms with E-state index >= 15 is 0 Å². The first-order chi connectivity index (χ1) is 10.2. The molecule has 0 aliphatic carbocycles. The van der Waals surface area contributed by atoms with Gasteiger partial charge in [0.2, 0.25) is 0 Å². The molecule has 2 aromatic heterocycles. The molecule has 2 heterocycles. The largest absolute Gasteiger partial charge is 0.375 e. The second kappa shape index (κ2) is 7.69. The fourth-order valence-electron chi connectivity index (χ4n) is 2.09. The Morgan fingerprint density at radius 2 is 1.91 bits per heavy atom. The minimum Gasteiger partial charge on any atom is -0.375 e. The van der Waals surface area contributed by atoms with Crippen LogP contribution < -0.4 is 5.73 Å². The van der Waals surface area contributed by atoms with Crippen LogP contribution in [0.3, 0.4) is 0 Å². The van der Waals surface area contributed by atoms with Gasteiger partial charge in [0, 0.05) is 10.7 Å². The number of aromatic nitrogens is 3. The third kappa shape index (κ3) is 3.84. The summed E-state index contributed by atoms with van der Waals surface area (Å²) in [6, 6.07) is 13.5. The number of rotatable bonds is 5. The molecule has 3 aromatic rings. The average molecular weight is 384 g/mol. The molecule has 0 aliphatic rings. The zero-order valence-electron chi connectivity index (χ0n) is 11.7. The lowest BCUT2D eigenvalue weighted by Gasteiger charge is -2.11. The summed E-state index contributed by atoms with van der Waals surface area (Å²) in [6.45, 7) is 0.928. The molecule has 1 atom stereocenters. The van der Waals surface area contributed by atoms with Crippen molar-refractivity contribution in [2.24, 2.45) is 5.73 Å². The smallest absolute Gasteiger partial charge is 0.160 e. The average Bonchev–Trinajstić information content (AvgIpc) is 2.91. The summed E-state index contributed by atoms with van der Waals surface area (Å²) in [6.07, 6.45) is 1.90. The third-order valence-electron chi connectivity index (χ3n) is 3.13. The molecular formula is C15H16BrClN4O. The van der Waals surface area contributed by atoms with E-state index in [-0.39, 0.29) is 18.4 Å². The van der Waals surface area contributed by atoms with E-state index in [1.807, 2.05) is 53.1 Å². The zero-order chi connectivity index (χ0) is 14.7. The highest BCUT2D eigenvalue weighted by atomic mass is 79.9. The maximum absolute atomic E-state index is 6.16. The van der Waals surface area contributed by atoms with E-state index in [2.05, 4.69) is 26.1 Å². The van der Waals surface area contributed by atoms with Crippen LogP contribution in [0.4, 0.5) is 0 Å². The summed E-state index contributed by atoms with van der Waals surface area (Å²) >= 11 is 3.44. The molecule has 1 aromatic carbocycles. The van der Waals surface area contributed by atoms with E-state index in [0.717, 1.165) is 15.7 Å². The number of nitrogens with zero attached hydrogens (tertiary/aromatic N) is 3. The topological polar surface area (TPSA) is 65.4 Å². The highest BCUT2D eigenvalue weighted by Gasteiger charge is 2.14. The Kier molecular flexibility index (Phi) is 5.90. The van der Waals surface area contributed by atoms with Gasteiger partial charge in [-0.05, 0) is 33.6 Å². The van der Waals surface area contributed by atoms with Gasteiger partial charge in [0.15, 0.2) is 11.5 Å². The van der Waals surface area contributed by atoms with Gasteiger partial charge in [0.1, 0.15) is 0 Å². The second-order valence-electron chi connectivity index (χ2n) is 4.74. The SMILES string of the molecule is Cl.NC(COCc1ccccc1)c1nnc2ccc(Br)cn12. The quantitative estimate of drug-likeness (QED) is 0.735. The van der Waals surface area contributed by atoms with E-state index in [9.17, 15) is 0 Å². The van der Waals surface area contributed by atoms with Crippen molar-refractivity contribution in [2.75, 3.05) is 6.61 Å². The first-order valence-corrected chi connectivity index (χ1v) is 7.41. The standard InChI is InChI=1S/C15H15BrN4O.ClH/c16-12-6-7-14-18-19-15(20(14)8-12)13(17)10-21-9-11-4-2-1-3-5-11;/h1-8,13H,9-10,17H2;1H. The second-order valence-corrected chi connectivity index (χ2v) is 5.66. The van der Waals surface area contributed by atoms with E-state index in [0.29, 0.717) is 19.0 Å². The predicted molar refractivity (Wildman–Crippen MR) is 91.0 cm³/mol. The van der Waals surface area contributed by atoms with Crippen LogP contribution in [0.15, 0.2) is 53.1 Å². The van der Waals surface area contributed by atoms with Gasteiger partial charge in [-0.2, -0.15) is 0 Å². The van der Waals surface area contributed by atoms with Crippen molar-refractivity contribution in [2.45, 2.75) is 12.6 Å². The summed E-state index contributed by atoms with van der Waals surface area (Å²) in [4.78, 5) is 0. The van der Waals surface area contributed by atoms with Crippen LogP contribution >= 0.6 is 28.3 Å². The minimum atomic E-state index is -0.321. The van der Waals surface area contributed by atoms with Gasteiger partial charge in [-0.1, -0.05) is 30.3 Å². The van der Waals surface area contributed by atoms with Crippen LogP contribution in [0.25, 0.3) is 5.65 Å². The molecule has 0 radical (unpaired) electrons. The number of benzene rings is 1. The van der Waals surface area contributed by atoms with Crippen LogP contribution in [0.2, 0.25) is 0 Å². The highest BCUT2D eigenvalue weighted by molar-refractivity contribution is 9.10. The van der Waals surface area contributed by atoms with Crippen LogP contribution in [0, 0.1) is 0 Å². The van der Waals surface area contributed by atoms with E-state index in [1.54, 1.807) is 0 Å². The van der Waals surface area contributed by atoms with E-state index in [1.165, 1.54) is 0 Å². The van der Waals surface area contributed by atoms with Crippen LogP contribution in [0.5, 0.6) is 0 Å². The van der Waals surface area contributed by atoms with Crippen molar-refractivity contribution in [3.63, 3.8) is 0 Å². The molecule has 116 valence electrons. The van der Waals surface area contributed by atoms with Gasteiger partial charge in [-0.15, -0.1) is 22.6 Å². The summed E-state index contributed by atoms with van der Waals surface area (Å²) in [5.74, 6) is 0.694. The Balaban J connectivity index is 0.00000176. The van der Waals surface area contributed by atoms with Gasteiger partial charge < -0.3 is 10.5 Å². The number of hydrogen-bond donors (Lipinski definition) is 1. The van der Waals surface area contributed by atoms with Crippen molar-refractivity contribution in [3.8, 4) is 0 Å². The predicted octanol–water partition coefficient (Wildman–Crippen LogP) is 3.13. The molecule has 0 saturated carbocycles. The van der Waals surface area contributed by atoms with Crippen molar-refractivity contribution in [3.05, 3.63) is 64.5 Å². The summed E-state index contributed by atoms with van der Waals surface area (Å²) in [5.41, 5.74) is 8.05. The lowest BCUT2D eigenvalue weighted by atomic mass is 10.2. The molecule has 0 saturated heterocycles. The molecule has 0 amide bonds. The Hall–Kier alpha value is -1.47. The Morgan fingerprint density at radius 1 is 1.14 bits per heavy atom.